The van der Waals surface area contributed by atoms with Crippen molar-refractivity contribution in [3.8, 4) is 11.8 Å². The first-order chi connectivity index (χ1) is 16.7. The van der Waals surface area contributed by atoms with E-state index in [9.17, 15) is 9.65 Å². The predicted molar refractivity (Wildman–Crippen MR) is 135 cm³/mol. The standard InChI is InChI=1S/C26H30FN7O/c1-14(2)21-7-16(10-28)25-17-8-24(26(29)32-11-17)35-15(3)20-9-18(27)5-6-19(20)23(12-31-4)34(30)13-22(25)33-21/h5-6,8-9,11-12,14-15,21,23H,7,13,30H2,1-4H3,(H2,29,32). The molecule has 2 aliphatic rings. The Balaban J connectivity index is 1.98. The number of hydrogen-bond donors (Lipinski definition) is 2. The van der Waals surface area contributed by atoms with E-state index in [1.807, 2.05) is 6.92 Å². The molecule has 0 radical (unpaired) electrons. The summed E-state index contributed by atoms with van der Waals surface area (Å²) in [5, 5.41) is 11.7. The van der Waals surface area contributed by atoms with Crippen molar-refractivity contribution >= 4 is 23.3 Å². The summed E-state index contributed by atoms with van der Waals surface area (Å²) in [7, 11) is 1.66. The molecule has 3 unspecified atom stereocenters. The molecule has 1 aromatic carbocycles. The van der Waals surface area contributed by atoms with E-state index < -0.39 is 12.1 Å². The summed E-state index contributed by atoms with van der Waals surface area (Å²) in [6.07, 6.45) is 3.30. The number of pyridine rings is 1. The molecule has 9 heteroatoms. The molecule has 0 saturated heterocycles. The number of halogens is 1. The SMILES string of the molecule is CN=CC1c2ccc(F)cc2C(C)Oc2cc(cnc2N)C2=C(C#N)CC(C(C)C)N=C2CN1N. The number of hydrazine groups is 1. The van der Waals surface area contributed by atoms with Crippen LogP contribution in [0, 0.1) is 23.1 Å². The first-order valence-corrected chi connectivity index (χ1v) is 11.6. The van der Waals surface area contributed by atoms with E-state index in [-0.39, 0.29) is 30.1 Å². The average molecular weight is 476 g/mol. The summed E-state index contributed by atoms with van der Waals surface area (Å²) >= 11 is 0. The highest BCUT2D eigenvalue weighted by Crippen LogP contribution is 2.37. The van der Waals surface area contributed by atoms with E-state index in [1.165, 1.54) is 12.1 Å². The molecule has 0 saturated carbocycles. The Bertz CT molecular complexity index is 1260. The van der Waals surface area contributed by atoms with Crippen LogP contribution in [0.25, 0.3) is 5.57 Å². The third-order valence-electron chi connectivity index (χ3n) is 6.49. The first kappa shape index (κ1) is 24.5. The molecule has 2 aliphatic heterocycles. The Kier molecular flexibility index (Phi) is 6.96. The minimum absolute atomic E-state index is 0.0538. The molecule has 0 fully saturated rings. The summed E-state index contributed by atoms with van der Waals surface area (Å²) in [6, 6.07) is 8.13. The summed E-state index contributed by atoms with van der Waals surface area (Å²) in [5.41, 5.74) is 10.2. The topological polar surface area (TPSA) is 126 Å². The fourth-order valence-electron chi connectivity index (χ4n) is 4.61. The van der Waals surface area contributed by atoms with Gasteiger partial charge in [0, 0.05) is 48.2 Å². The van der Waals surface area contributed by atoms with Crippen LogP contribution in [0.4, 0.5) is 10.2 Å². The predicted octanol–water partition coefficient (Wildman–Crippen LogP) is 4.02. The summed E-state index contributed by atoms with van der Waals surface area (Å²) < 4.78 is 20.5. The van der Waals surface area contributed by atoms with E-state index >= 15 is 0 Å². The van der Waals surface area contributed by atoms with Crippen molar-refractivity contribution in [2.45, 2.75) is 45.4 Å². The van der Waals surface area contributed by atoms with Crippen molar-refractivity contribution in [2.75, 3.05) is 19.3 Å². The monoisotopic (exact) mass is 475 g/mol. The number of fused-ring (bicyclic) bond motifs is 5. The van der Waals surface area contributed by atoms with Crippen LogP contribution in [0.3, 0.4) is 0 Å². The fraction of sp³-hybridized carbons (Fsp3) is 0.385. The molecule has 0 spiro atoms. The van der Waals surface area contributed by atoms with Crippen molar-refractivity contribution in [3.63, 3.8) is 0 Å². The Morgan fingerprint density at radius 3 is 2.77 bits per heavy atom. The zero-order valence-corrected chi connectivity index (χ0v) is 20.4. The van der Waals surface area contributed by atoms with Gasteiger partial charge in [0.2, 0.25) is 0 Å². The fourth-order valence-corrected chi connectivity index (χ4v) is 4.61. The van der Waals surface area contributed by atoms with Gasteiger partial charge in [-0.3, -0.25) is 15.8 Å². The number of nitrogens with zero attached hydrogens (tertiary/aromatic N) is 5. The van der Waals surface area contributed by atoms with Gasteiger partial charge in [-0.15, -0.1) is 0 Å². The molecular formula is C26H30FN7O. The maximum atomic E-state index is 14.3. The number of nitrogens with two attached hydrogens (primary N) is 2. The molecule has 2 aromatic rings. The molecule has 2 bridgehead atoms. The van der Waals surface area contributed by atoms with Gasteiger partial charge in [-0.1, -0.05) is 19.9 Å². The van der Waals surface area contributed by atoms with Crippen molar-refractivity contribution in [2.24, 2.45) is 21.7 Å². The Morgan fingerprint density at radius 2 is 2.09 bits per heavy atom. The second kappa shape index (κ2) is 9.94. The molecule has 4 rings (SSSR count). The van der Waals surface area contributed by atoms with Crippen LogP contribution in [-0.4, -0.2) is 41.6 Å². The smallest absolute Gasteiger partial charge is 0.166 e. The number of aromatic nitrogens is 1. The molecule has 35 heavy (non-hydrogen) atoms. The van der Waals surface area contributed by atoms with E-state index in [0.717, 1.165) is 5.56 Å². The lowest BCUT2D eigenvalue weighted by Gasteiger charge is -2.32. The number of dihydropyridines is 1. The minimum atomic E-state index is -0.560. The molecule has 3 heterocycles. The number of aliphatic imine (C=N–C) groups is 2. The van der Waals surface area contributed by atoms with Crippen LogP contribution in [0.5, 0.6) is 5.75 Å². The molecule has 182 valence electrons. The van der Waals surface area contributed by atoms with Crippen LogP contribution >= 0.6 is 0 Å². The zero-order chi connectivity index (χ0) is 25.3. The van der Waals surface area contributed by atoms with Gasteiger partial charge >= 0.3 is 0 Å². The Hall–Kier alpha value is -3.61. The lowest BCUT2D eigenvalue weighted by atomic mass is 9.86. The number of nitriles is 1. The molecule has 4 N–H and O–H groups in total. The third kappa shape index (κ3) is 4.81. The molecule has 1 aromatic heterocycles. The average Bonchev–Trinajstić information content (AvgIpc) is 2.83. The summed E-state index contributed by atoms with van der Waals surface area (Å²) in [4.78, 5) is 13.6. The van der Waals surface area contributed by atoms with E-state index in [4.69, 9.17) is 21.3 Å². The van der Waals surface area contributed by atoms with Crippen molar-refractivity contribution in [1.82, 2.24) is 9.99 Å². The number of nitrogen functional groups attached to an aromatic ring is 1. The molecule has 3 atom stereocenters. The third-order valence-corrected chi connectivity index (χ3v) is 6.49. The number of rotatable bonds is 2. The van der Waals surface area contributed by atoms with Crippen LogP contribution in [-0.2, 0) is 0 Å². The molecule has 0 aliphatic carbocycles. The van der Waals surface area contributed by atoms with Gasteiger partial charge in [-0.25, -0.2) is 14.4 Å². The Morgan fingerprint density at radius 1 is 1.31 bits per heavy atom. The highest BCUT2D eigenvalue weighted by atomic mass is 19.1. The van der Waals surface area contributed by atoms with E-state index in [1.54, 1.807) is 36.6 Å². The number of hydrogen-bond acceptors (Lipinski definition) is 8. The van der Waals surface area contributed by atoms with Crippen molar-refractivity contribution in [1.29, 1.82) is 5.26 Å². The van der Waals surface area contributed by atoms with Crippen LogP contribution in [0.1, 0.15) is 56.0 Å². The van der Waals surface area contributed by atoms with Crippen molar-refractivity contribution < 1.29 is 9.13 Å². The van der Waals surface area contributed by atoms with Crippen LogP contribution in [0.2, 0.25) is 0 Å². The van der Waals surface area contributed by atoms with E-state index in [0.29, 0.717) is 40.2 Å². The normalized spacial score (nSPS) is 23.0. The van der Waals surface area contributed by atoms with Gasteiger partial charge in [-0.2, -0.15) is 5.26 Å². The molecular weight excluding hydrogens is 445 g/mol. The first-order valence-electron chi connectivity index (χ1n) is 11.6. The largest absolute Gasteiger partial charge is 0.482 e. The second-order valence-corrected chi connectivity index (χ2v) is 9.22. The van der Waals surface area contributed by atoms with Crippen LogP contribution < -0.4 is 16.3 Å². The summed E-state index contributed by atoms with van der Waals surface area (Å²) in [6.45, 7) is 6.23. The number of anilines is 1. The second-order valence-electron chi connectivity index (χ2n) is 9.22. The maximum Gasteiger partial charge on any atom is 0.166 e. The van der Waals surface area contributed by atoms with Gasteiger partial charge < -0.3 is 10.5 Å². The maximum absolute atomic E-state index is 14.3. The zero-order valence-electron chi connectivity index (χ0n) is 20.4. The quantitative estimate of drug-likeness (QED) is 0.499. The highest BCUT2D eigenvalue weighted by Gasteiger charge is 2.31. The minimum Gasteiger partial charge on any atom is -0.482 e. The number of benzene rings is 1. The van der Waals surface area contributed by atoms with Crippen LogP contribution in [0.15, 0.2) is 46.0 Å². The lowest BCUT2D eigenvalue weighted by molar-refractivity contribution is 0.220. The van der Waals surface area contributed by atoms with Gasteiger partial charge in [-0.05, 0) is 36.6 Å². The van der Waals surface area contributed by atoms with Gasteiger partial charge in [0.05, 0.1) is 30.4 Å². The Labute approximate surface area is 204 Å². The van der Waals surface area contributed by atoms with Gasteiger partial charge in [0.25, 0.3) is 0 Å². The van der Waals surface area contributed by atoms with Gasteiger partial charge in [0.1, 0.15) is 11.9 Å². The molecule has 8 nitrogen and oxygen atoms in total. The highest BCUT2D eigenvalue weighted by molar-refractivity contribution is 6.27. The lowest BCUT2D eigenvalue weighted by Crippen LogP contribution is -2.42. The number of ether oxygens (including phenoxy) is 1. The van der Waals surface area contributed by atoms with Crippen molar-refractivity contribution in [3.05, 3.63) is 58.5 Å². The summed E-state index contributed by atoms with van der Waals surface area (Å²) in [5.74, 6) is 7.06. The van der Waals surface area contributed by atoms with E-state index in [2.05, 4.69) is 29.9 Å². The molecule has 0 amide bonds. The van der Waals surface area contributed by atoms with Gasteiger partial charge in [0.15, 0.2) is 11.6 Å².